The topological polar surface area (TPSA) is 140 Å². The van der Waals surface area contributed by atoms with Crippen LogP contribution < -0.4 is 15.8 Å². The molecule has 0 radical (unpaired) electrons. The fraction of sp³-hybridized carbons (Fsp3) is 0.486. The van der Waals surface area contributed by atoms with Crippen molar-refractivity contribution < 1.29 is 19.4 Å². The lowest BCUT2D eigenvalue weighted by molar-refractivity contribution is -0.154. The van der Waals surface area contributed by atoms with Crippen LogP contribution in [0.1, 0.15) is 59.6 Å². The number of pyridine rings is 1. The van der Waals surface area contributed by atoms with Crippen LogP contribution in [0.25, 0.3) is 16.9 Å². The largest absolute Gasteiger partial charge is 0.460 e. The van der Waals surface area contributed by atoms with Crippen LogP contribution in [0.3, 0.4) is 0 Å². The van der Waals surface area contributed by atoms with Crippen LogP contribution in [-0.2, 0) is 26.4 Å². The Bertz CT molecular complexity index is 1810. The summed E-state index contributed by atoms with van der Waals surface area (Å²) < 4.78 is 14.3. The predicted molar refractivity (Wildman–Crippen MR) is 195 cm³/mol. The number of esters is 1. The Kier molecular flexibility index (Phi) is 11.7. The molecule has 0 spiro atoms. The summed E-state index contributed by atoms with van der Waals surface area (Å²) in [5.41, 5.74) is 0.966. The van der Waals surface area contributed by atoms with Crippen LogP contribution in [0.2, 0.25) is 0 Å². The van der Waals surface area contributed by atoms with E-state index in [1.54, 1.807) is 42.8 Å². The highest BCUT2D eigenvalue weighted by Gasteiger charge is 2.22. The number of carbonyl (C=O) groups is 1. The Morgan fingerprint density at radius 2 is 1.74 bits per heavy atom. The van der Waals surface area contributed by atoms with Gasteiger partial charge in [0.1, 0.15) is 16.6 Å². The Labute approximate surface area is 293 Å². The van der Waals surface area contributed by atoms with Gasteiger partial charge in [0.25, 0.3) is 5.56 Å². The molecule has 0 bridgehead atoms. The van der Waals surface area contributed by atoms with Gasteiger partial charge in [0.05, 0.1) is 18.8 Å². The van der Waals surface area contributed by atoms with Gasteiger partial charge in [-0.25, -0.2) is 19.3 Å². The number of piperazine rings is 1. The van der Waals surface area contributed by atoms with E-state index in [0.29, 0.717) is 48.1 Å². The highest BCUT2D eigenvalue weighted by atomic mass is 16.6. The molecule has 0 unspecified atom stereocenters. The number of hydrogen-bond donors (Lipinski definition) is 2. The van der Waals surface area contributed by atoms with Gasteiger partial charge in [0.15, 0.2) is 11.5 Å². The third-order valence-corrected chi connectivity index (χ3v) is 8.31. The quantitative estimate of drug-likeness (QED) is 0.101. The molecular formula is C37H50N8O5. The van der Waals surface area contributed by atoms with Crippen molar-refractivity contribution in [1.29, 1.82) is 0 Å². The molecule has 0 atom stereocenters. The van der Waals surface area contributed by atoms with Crippen molar-refractivity contribution in [2.75, 3.05) is 56.2 Å². The number of allylic oxidation sites excluding steroid dienone is 1. The lowest BCUT2D eigenvalue weighted by atomic mass is 10.1. The van der Waals surface area contributed by atoms with Gasteiger partial charge in [-0.15, -0.1) is 6.58 Å². The second kappa shape index (κ2) is 16.0. The number of aliphatic hydroxyl groups is 1. The summed E-state index contributed by atoms with van der Waals surface area (Å²) in [6, 6.07) is 13.5. The second-order valence-electron chi connectivity index (χ2n) is 14.0. The van der Waals surface area contributed by atoms with Crippen LogP contribution in [0.4, 0.5) is 17.3 Å². The zero-order chi connectivity index (χ0) is 35.9. The number of hydrogen-bond acceptors (Lipinski definition) is 11. The lowest BCUT2D eigenvalue weighted by Crippen LogP contribution is -2.47. The van der Waals surface area contributed by atoms with Crippen molar-refractivity contribution in [3.05, 3.63) is 77.4 Å². The summed E-state index contributed by atoms with van der Waals surface area (Å²) in [5.74, 6) is 0.640. The monoisotopic (exact) mass is 686 g/mol. The summed E-state index contributed by atoms with van der Waals surface area (Å²) in [6.07, 6.45) is 5.21. The number of unbranched alkanes of at least 4 members (excludes halogenated alkanes) is 1. The molecule has 0 amide bonds. The molecule has 1 aliphatic heterocycles. The Morgan fingerprint density at radius 3 is 2.42 bits per heavy atom. The molecular weight excluding hydrogens is 636 g/mol. The van der Waals surface area contributed by atoms with E-state index in [2.05, 4.69) is 43.8 Å². The number of aromatic nitrogens is 5. The minimum Gasteiger partial charge on any atom is -0.460 e. The maximum atomic E-state index is 13.3. The minimum atomic E-state index is -1.16. The summed E-state index contributed by atoms with van der Waals surface area (Å²) in [7, 11) is 0. The summed E-state index contributed by atoms with van der Waals surface area (Å²) in [5, 5.41) is 14.2. The van der Waals surface area contributed by atoms with Crippen molar-refractivity contribution in [3.63, 3.8) is 0 Å². The van der Waals surface area contributed by atoms with E-state index in [1.165, 1.54) is 10.9 Å². The standard InChI is InChI=1S/C37H50N8O5/c1-7-18-44-34(47)29-26-38-35(41-33(29)45(44)31-12-10-11-30(40-31)37(5,6)48)39-27-14-16-28(17-15-27)43-21-19-42(20-22-43)23-25-49-24-9-8-13-32(46)50-36(2,3)4/h7,10-12,14-17,26,48H,1,8-9,13,18-25H2,2-6H3,(H,38,39,41). The second-order valence-corrected chi connectivity index (χ2v) is 14.0. The van der Waals surface area contributed by atoms with Crippen LogP contribution in [0.5, 0.6) is 0 Å². The molecule has 1 aliphatic rings. The first-order valence-corrected chi connectivity index (χ1v) is 17.3. The molecule has 268 valence electrons. The van der Waals surface area contributed by atoms with Gasteiger partial charge in [-0.05, 0) is 83.9 Å². The fourth-order valence-corrected chi connectivity index (χ4v) is 5.77. The number of ether oxygens (including phenoxy) is 2. The number of rotatable bonds is 15. The SMILES string of the molecule is C=CCn1c(=O)c2cnc(Nc3ccc(N4CCN(CCOCCCCC(=O)OC(C)(C)C)CC4)cc3)nc2n1-c1cccc(C(C)(C)O)n1. The summed E-state index contributed by atoms with van der Waals surface area (Å²) in [6.45, 7) is 19.0. The van der Waals surface area contributed by atoms with Gasteiger partial charge in [0, 0.05) is 63.3 Å². The van der Waals surface area contributed by atoms with E-state index in [1.807, 2.05) is 32.9 Å². The molecule has 13 heteroatoms. The molecule has 50 heavy (non-hydrogen) atoms. The fourth-order valence-electron chi connectivity index (χ4n) is 5.77. The van der Waals surface area contributed by atoms with Crippen molar-refractivity contribution in [1.82, 2.24) is 29.2 Å². The first kappa shape index (κ1) is 36.7. The minimum absolute atomic E-state index is 0.152. The maximum absolute atomic E-state index is 13.3. The number of benzene rings is 1. The predicted octanol–water partition coefficient (Wildman–Crippen LogP) is 4.78. The van der Waals surface area contributed by atoms with E-state index in [9.17, 15) is 14.7 Å². The average Bonchev–Trinajstić information content (AvgIpc) is 3.34. The Balaban J connectivity index is 1.14. The Hall–Kier alpha value is -4.59. The third-order valence-electron chi connectivity index (χ3n) is 8.31. The maximum Gasteiger partial charge on any atom is 0.306 e. The van der Waals surface area contributed by atoms with E-state index < -0.39 is 11.2 Å². The van der Waals surface area contributed by atoms with Gasteiger partial charge in [-0.1, -0.05) is 12.1 Å². The molecule has 4 aromatic rings. The van der Waals surface area contributed by atoms with Crippen LogP contribution in [0.15, 0.2) is 66.1 Å². The van der Waals surface area contributed by atoms with Gasteiger partial charge in [0.2, 0.25) is 5.95 Å². The van der Waals surface area contributed by atoms with E-state index in [-0.39, 0.29) is 18.1 Å². The average molecular weight is 687 g/mol. The molecule has 3 aromatic heterocycles. The molecule has 13 nitrogen and oxygen atoms in total. The van der Waals surface area contributed by atoms with Gasteiger partial charge in [-0.2, -0.15) is 4.98 Å². The zero-order valence-corrected chi connectivity index (χ0v) is 29.9. The van der Waals surface area contributed by atoms with Gasteiger partial charge < -0.3 is 24.8 Å². The van der Waals surface area contributed by atoms with Crippen molar-refractivity contribution in [2.24, 2.45) is 0 Å². The molecule has 1 fully saturated rings. The van der Waals surface area contributed by atoms with E-state index in [0.717, 1.165) is 56.9 Å². The highest BCUT2D eigenvalue weighted by molar-refractivity contribution is 5.77. The van der Waals surface area contributed by atoms with Gasteiger partial charge >= 0.3 is 5.97 Å². The van der Waals surface area contributed by atoms with Crippen LogP contribution >= 0.6 is 0 Å². The summed E-state index contributed by atoms with van der Waals surface area (Å²) >= 11 is 0. The first-order chi connectivity index (χ1) is 23.8. The normalized spacial score (nSPS) is 14.2. The van der Waals surface area contributed by atoms with Crippen molar-refractivity contribution >= 4 is 34.3 Å². The Morgan fingerprint density at radius 1 is 1.00 bits per heavy atom. The molecule has 5 rings (SSSR count). The summed E-state index contributed by atoms with van der Waals surface area (Å²) in [4.78, 5) is 43.7. The molecule has 2 N–H and O–H groups in total. The van der Waals surface area contributed by atoms with E-state index >= 15 is 0 Å². The van der Waals surface area contributed by atoms with Crippen molar-refractivity contribution in [2.45, 2.75) is 71.6 Å². The smallest absolute Gasteiger partial charge is 0.306 e. The first-order valence-electron chi connectivity index (χ1n) is 17.3. The molecule has 0 saturated carbocycles. The van der Waals surface area contributed by atoms with Crippen LogP contribution in [-0.4, -0.2) is 91.8 Å². The van der Waals surface area contributed by atoms with E-state index in [4.69, 9.17) is 14.5 Å². The number of carbonyl (C=O) groups excluding carboxylic acids is 1. The third kappa shape index (κ3) is 9.55. The number of nitrogens with one attached hydrogen (secondary N) is 1. The highest BCUT2D eigenvalue weighted by Crippen LogP contribution is 2.24. The lowest BCUT2D eigenvalue weighted by Gasteiger charge is -2.36. The number of anilines is 3. The van der Waals surface area contributed by atoms with Crippen molar-refractivity contribution in [3.8, 4) is 5.82 Å². The molecule has 1 saturated heterocycles. The number of nitrogens with zero attached hydrogens (tertiary/aromatic N) is 7. The van der Waals surface area contributed by atoms with Gasteiger partial charge in [-0.3, -0.25) is 14.5 Å². The number of fused-ring (bicyclic) bond motifs is 1. The molecule has 1 aromatic carbocycles. The zero-order valence-electron chi connectivity index (χ0n) is 29.9. The molecule has 4 heterocycles. The van der Waals surface area contributed by atoms with Crippen LogP contribution in [0, 0.1) is 0 Å². The molecule has 0 aliphatic carbocycles.